The molecule has 27 heavy (non-hydrogen) atoms. The smallest absolute Gasteiger partial charge is 0.316 e. The Hall–Kier alpha value is -2.18. The van der Waals surface area contributed by atoms with E-state index in [1.807, 2.05) is 36.4 Å². The lowest BCUT2D eigenvalue weighted by molar-refractivity contribution is -0.139. The largest absolute Gasteiger partial charge is 0.457 e. The van der Waals surface area contributed by atoms with Crippen LogP contribution in [0, 0.1) is 0 Å². The molecule has 0 saturated carbocycles. The normalized spacial score (nSPS) is 12.1. The molecule has 0 aliphatic rings. The monoisotopic (exact) mass is 399 g/mol. The van der Waals surface area contributed by atoms with E-state index in [0.717, 1.165) is 21.0 Å². The van der Waals surface area contributed by atoms with Gasteiger partial charge in [-0.15, -0.1) is 11.3 Å². The number of hydrogen-bond donors (Lipinski definition) is 0. The highest BCUT2D eigenvalue weighted by molar-refractivity contribution is 8.01. The lowest BCUT2D eigenvalue weighted by atomic mass is 9.97. The number of rotatable bonds is 8. The molecule has 3 aromatic rings. The van der Waals surface area contributed by atoms with Gasteiger partial charge in [-0.2, -0.15) is 0 Å². The third kappa shape index (κ3) is 5.17. The van der Waals surface area contributed by atoms with Crippen molar-refractivity contribution in [3.63, 3.8) is 0 Å². The maximum absolute atomic E-state index is 12.2. The van der Waals surface area contributed by atoms with E-state index in [-0.39, 0.29) is 18.1 Å². The van der Waals surface area contributed by atoms with Gasteiger partial charge in [-0.05, 0) is 30.0 Å². The molecule has 0 aliphatic heterocycles. The first-order chi connectivity index (χ1) is 13.1. The van der Waals surface area contributed by atoms with E-state index < -0.39 is 5.97 Å². The zero-order valence-corrected chi connectivity index (χ0v) is 16.9. The Bertz CT molecular complexity index is 901. The number of nitrogens with zero attached hydrogens (tertiary/aromatic N) is 1. The minimum absolute atomic E-state index is 0.139. The van der Waals surface area contributed by atoms with Gasteiger partial charge in [0.1, 0.15) is 0 Å². The van der Waals surface area contributed by atoms with Crippen LogP contribution in [0.4, 0.5) is 0 Å². The van der Waals surface area contributed by atoms with E-state index in [2.05, 4.69) is 18.8 Å². The van der Waals surface area contributed by atoms with Crippen LogP contribution in [0.15, 0.2) is 52.9 Å². The Kier molecular flexibility index (Phi) is 6.63. The second kappa shape index (κ2) is 9.15. The highest BCUT2D eigenvalue weighted by Gasteiger charge is 2.12. The van der Waals surface area contributed by atoms with Gasteiger partial charge in [0.15, 0.2) is 16.7 Å². The van der Waals surface area contributed by atoms with Crippen LogP contribution in [0.1, 0.15) is 42.1 Å². The van der Waals surface area contributed by atoms with Crippen molar-refractivity contribution in [1.82, 2.24) is 4.98 Å². The number of hydrogen-bond acceptors (Lipinski definition) is 6. The molecule has 2 aromatic carbocycles. The SMILES string of the molecule is CC[C@H](C)c1ccc(C(=O)COC(=O)CSc2nc3ccccc3s2)cc1. The quantitative estimate of drug-likeness (QED) is 0.291. The summed E-state index contributed by atoms with van der Waals surface area (Å²) in [5, 5.41) is 0. The first-order valence-electron chi connectivity index (χ1n) is 8.84. The van der Waals surface area contributed by atoms with Crippen molar-refractivity contribution in [2.45, 2.75) is 30.5 Å². The van der Waals surface area contributed by atoms with Crippen LogP contribution < -0.4 is 0 Å². The van der Waals surface area contributed by atoms with Crippen LogP contribution in [0.2, 0.25) is 0 Å². The van der Waals surface area contributed by atoms with Gasteiger partial charge in [0, 0.05) is 5.56 Å². The van der Waals surface area contributed by atoms with Crippen molar-refractivity contribution >= 4 is 45.1 Å². The Morgan fingerprint density at radius 3 is 2.59 bits per heavy atom. The van der Waals surface area contributed by atoms with Crippen molar-refractivity contribution in [3.05, 3.63) is 59.7 Å². The van der Waals surface area contributed by atoms with Crippen molar-refractivity contribution < 1.29 is 14.3 Å². The first-order valence-corrected chi connectivity index (χ1v) is 10.6. The minimum Gasteiger partial charge on any atom is -0.457 e. The van der Waals surface area contributed by atoms with Gasteiger partial charge in [-0.1, -0.05) is 62.0 Å². The first kappa shape index (κ1) is 19.6. The molecule has 0 amide bonds. The second-order valence-electron chi connectivity index (χ2n) is 6.25. The van der Waals surface area contributed by atoms with E-state index in [0.29, 0.717) is 11.5 Å². The average Bonchev–Trinajstić information content (AvgIpc) is 3.13. The molecule has 4 nitrogen and oxygen atoms in total. The number of carbonyl (C=O) groups excluding carboxylic acids is 2. The Morgan fingerprint density at radius 1 is 1.15 bits per heavy atom. The molecule has 6 heteroatoms. The molecule has 0 aliphatic carbocycles. The van der Waals surface area contributed by atoms with Gasteiger partial charge in [0.25, 0.3) is 0 Å². The number of ether oxygens (including phenoxy) is 1. The molecular weight excluding hydrogens is 378 g/mol. The topological polar surface area (TPSA) is 56.3 Å². The molecule has 0 bridgehead atoms. The zero-order chi connectivity index (χ0) is 19.2. The van der Waals surface area contributed by atoms with Crippen molar-refractivity contribution in [2.24, 2.45) is 0 Å². The van der Waals surface area contributed by atoms with Crippen LogP contribution in [-0.2, 0) is 9.53 Å². The summed E-state index contributed by atoms with van der Waals surface area (Å²) in [6.07, 6.45) is 1.05. The number of thioether (sulfide) groups is 1. The van der Waals surface area contributed by atoms with E-state index in [1.165, 1.54) is 17.3 Å². The summed E-state index contributed by atoms with van der Waals surface area (Å²) in [4.78, 5) is 28.6. The number of carbonyl (C=O) groups is 2. The molecule has 3 rings (SSSR count). The van der Waals surface area contributed by atoms with Crippen LogP contribution in [-0.4, -0.2) is 29.1 Å². The highest BCUT2D eigenvalue weighted by atomic mass is 32.2. The van der Waals surface area contributed by atoms with E-state index in [1.54, 1.807) is 23.5 Å². The predicted octanol–water partition coefficient (Wildman–Crippen LogP) is 5.33. The third-order valence-corrected chi connectivity index (χ3v) is 6.52. The van der Waals surface area contributed by atoms with Crippen molar-refractivity contribution in [3.8, 4) is 0 Å². The summed E-state index contributed by atoms with van der Waals surface area (Å²) < 4.78 is 7.03. The highest BCUT2D eigenvalue weighted by Crippen LogP contribution is 2.29. The summed E-state index contributed by atoms with van der Waals surface area (Å²) in [6.45, 7) is 4.05. The number of para-hydroxylation sites is 1. The molecular formula is C21H21NO3S2. The molecule has 0 spiro atoms. The molecule has 140 valence electrons. The molecule has 0 radical (unpaired) electrons. The van der Waals surface area contributed by atoms with E-state index in [9.17, 15) is 9.59 Å². The van der Waals surface area contributed by atoms with Crippen molar-refractivity contribution in [1.29, 1.82) is 0 Å². The fourth-order valence-corrected chi connectivity index (χ4v) is 4.40. The van der Waals surface area contributed by atoms with Gasteiger partial charge in [0.05, 0.1) is 16.0 Å². The maximum Gasteiger partial charge on any atom is 0.316 e. The van der Waals surface area contributed by atoms with Gasteiger partial charge >= 0.3 is 5.97 Å². The fourth-order valence-electron chi connectivity index (χ4n) is 2.54. The van der Waals surface area contributed by atoms with Crippen LogP contribution in [0.25, 0.3) is 10.2 Å². The Labute approximate surface area is 167 Å². The zero-order valence-electron chi connectivity index (χ0n) is 15.3. The summed E-state index contributed by atoms with van der Waals surface area (Å²) in [5.74, 6) is -0.000516. The van der Waals surface area contributed by atoms with Gasteiger partial charge in [0.2, 0.25) is 0 Å². The lowest BCUT2D eigenvalue weighted by Crippen LogP contribution is -2.15. The number of aromatic nitrogens is 1. The molecule has 0 saturated heterocycles. The molecule has 1 atom stereocenters. The van der Waals surface area contributed by atoms with Crippen LogP contribution >= 0.6 is 23.1 Å². The number of benzene rings is 2. The molecule has 1 aromatic heterocycles. The number of Topliss-reactive ketones (excluding diaryl/α,β-unsaturated/α-hetero) is 1. The fraction of sp³-hybridized carbons (Fsp3) is 0.286. The summed E-state index contributed by atoms with van der Waals surface area (Å²) in [5.41, 5.74) is 2.70. The number of esters is 1. The van der Waals surface area contributed by atoms with E-state index in [4.69, 9.17) is 4.74 Å². The molecule has 0 N–H and O–H groups in total. The number of fused-ring (bicyclic) bond motifs is 1. The maximum atomic E-state index is 12.2. The van der Waals surface area contributed by atoms with Crippen molar-refractivity contribution in [2.75, 3.05) is 12.4 Å². The summed E-state index contributed by atoms with van der Waals surface area (Å²) in [6, 6.07) is 15.4. The molecule has 0 fully saturated rings. The van der Waals surface area contributed by atoms with Crippen LogP contribution in [0.5, 0.6) is 0 Å². The van der Waals surface area contributed by atoms with Gasteiger partial charge in [-0.3, -0.25) is 9.59 Å². The van der Waals surface area contributed by atoms with Gasteiger partial charge in [-0.25, -0.2) is 4.98 Å². The molecule has 1 heterocycles. The summed E-state index contributed by atoms with van der Waals surface area (Å²) in [7, 11) is 0. The van der Waals surface area contributed by atoms with Gasteiger partial charge < -0.3 is 4.74 Å². The number of thiazole rings is 1. The molecule has 0 unspecified atom stereocenters. The average molecular weight is 400 g/mol. The lowest BCUT2D eigenvalue weighted by Gasteiger charge is -2.09. The second-order valence-corrected chi connectivity index (χ2v) is 8.50. The minimum atomic E-state index is -0.413. The number of ketones is 1. The Balaban J connectivity index is 1.47. The van der Waals surface area contributed by atoms with Crippen LogP contribution in [0.3, 0.4) is 0 Å². The summed E-state index contributed by atoms with van der Waals surface area (Å²) >= 11 is 2.87. The van der Waals surface area contributed by atoms with E-state index >= 15 is 0 Å². The standard InChI is InChI=1S/C21H21NO3S2/c1-3-14(2)15-8-10-16(11-9-15)18(23)12-25-20(24)13-26-21-22-17-6-4-5-7-19(17)27-21/h4-11,14H,3,12-13H2,1-2H3/t14-/m0/s1. The third-order valence-electron chi connectivity index (χ3n) is 4.37. The predicted molar refractivity (Wildman–Crippen MR) is 111 cm³/mol. The Morgan fingerprint density at radius 2 is 1.89 bits per heavy atom.